The van der Waals surface area contributed by atoms with Crippen LogP contribution in [0, 0.1) is 0 Å². The Morgan fingerprint density at radius 3 is 2.14 bits per heavy atom. The maximum Gasteiger partial charge on any atom is 0.255 e. The predicted octanol–water partition coefficient (Wildman–Crippen LogP) is 5.37. The number of benzene rings is 3. The first-order chi connectivity index (χ1) is 10.7. The quantitative estimate of drug-likeness (QED) is 0.675. The van der Waals surface area contributed by atoms with Crippen molar-refractivity contribution in [3.63, 3.8) is 0 Å². The van der Waals surface area contributed by atoms with Gasteiger partial charge in [0.2, 0.25) is 0 Å². The van der Waals surface area contributed by atoms with E-state index in [1.807, 2.05) is 66.7 Å². The molecule has 3 rings (SSSR count). The van der Waals surface area contributed by atoms with E-state index in [0.29, 0.717) is 5.56 Å². The molecule has 1 amide bonds. The van der Waals surface area contributed by atoms with Crippen LogP contribution in [0.1, 0.15) is 10.4 Å². The Labute approximate surface area is 137 Å². The number of amides is 1. The van der Waals surface area contributed by atoms with Crippen molar-refractivity contribution >= 4 is 27.5 Å². The standard InChI is InChI=1S/C19H14BrNO/c20-16-12-10-15(11-13-16)19(22)21-18-9-5-4-8-17(18)14-6-2-1-3-7-14/h1-13H,(H,21,22). The van der Waals surface area contributed by atoms with Crippen molar-refractivity contribution in [2.24, 2.45) is 0 Å². The third kappa shape index (κ3) is 3.26. The largest absolute Gasteiger partial charge is 0.321 e. The van der Waals surface area contributed by atoms with E-state index in [-0.39, 0.29) is 5.91 Å². The fourth-order valence-corrected chi connectivity index (χ4v) is 2.52. The fourth-order valence-electron chi connectivity index (χ4n) is 2.26. The van der Waals surface area contributed by atoms with Gasteiger partial charge in [-0.15, -0.1) is 0 Å². The number of hydrogen-bond acceptors (Lipinski definition) is 1. The van der Waals surface area contributed by atoms with E-state index in [0.717, 1.165) is 21.3 Å². The van der Waals surface area contributed by atoms with Crippen molar-refractivity contribution in [2.75, 3.05) is 5.32 Å². The molecule has 0 saturated carbocycles. The number of carbonyl (C=O) groups excluding carboxylic acids is 1. The van der Waals surface area contributed by atoms with Gasteiger partial charge in [0.05, 0.1) is 0 Å². The van der Waals surface area contributed by atoms with Crippen molar-refractivity contribution < 1.29 is 4.79 Å². The summed E-state index contributed by atoms with van der Waals surface area (Å²) in [5, 5.41) is 2.99. The Hall–Kier alpha value is -2.39. The second-order valence-corrected chi connectivity index (χ2v) is 5.79. The van der Waals surface area contributed by atoms with Crippen LogP contribution in [0.4, 0.5) is 5.69 Å². The topological polar surface area (TPSA) is 29.1 Å². The summed E-state index contributed by atoms with van der Waals surface area (Å²) in [6, 6.07) is 25.1. The third-order valence-electron chi connectivity index (χ3n) is 3.37. The van der Waals surface area contributed by atoms with Crippen LogP contribution in [0.25, 0.3) is 11.1 Å². The van der Waals surface area contributed by atoms with Gasteiger partial charge in [0.15, 0.2) is 0 Å². The van der Waals surface area contributed by atoms with Crippen LogP contribution < -0.4 is 5.32 Å². The highest BCUT2D eigenvalue weighted by molar-refractivity contribution is 9.10. The molecule has 0 bridgehead atoms. The Morgan fingerprint density at radius 2 is 1.41 bits per heavy atom. The first kappa shape index (κ1) is 14.5. The van der Waals surface area contributed by atoms with Crippen LogP contribution in [0.15, 0.2) is 83.3 Å². The van der Waals surface area contributed by atoms with Gasteiger partial charge in [0, 0.05) is 21.3 Å². The zero-order valence-electron chi connectivity index (χ0n) is 11.8. The number of nitrogens with one attached hydrogen (secondary N) is 1. The van der Waals surface area contributed by atoms with Gasteiger partial charge in [-0.1, -0.05) is 64.5 Å². The molecule has 3 aromatic rings. The summed E-state index contributed by atoms with van der Waals surface area (Å²) in [6.07, 6.45) is 0. The predicted molar refractivity (Wildman–Crippen MR) is 94.0 cm³/mol. The summed E-state index contributed by atoms with van der Waals surface area (Å²) in [6.45, 7) is 0. The zero-order valence-corrected chi connectivity index (χ0v) is 13.4. The summed E-state index contributed by atoms with van der Waals surface area (Å²) in [7, 11) is 0. The molecule has 0 aromatic heterocycles. The van der Waals surface area contributed by atoms with E-state index >= 15 is 0 Å². The maximum atomic E-state index is 12.4. The van der Waals surface area contributed by atoms with Crippen LogP contribution in [0.2, 0.25) is 0 Å². The molecule has 22 heavy (non-hydrogen) atoms. The molecule has 0 saturated heterocycles. The Kier molecular flexibility index (Phi) is 4.35. The Morgan fingerprint density at radius 1 is 0.773 bits per heavy atom. The van der Waals surface area contributed by atoms with Crippen molar-refractivity contribution in [1.82, 2.24) is 0 Å². The number of anilines is 1. The summed E-state index contributed by atoms with van der Waals surface area (Å²) < 4.78 is 0.953. The van der Waals surface area contributed by atoms with Crippen LogP contribution in [-0.4, -0.2) is 5.91 Å². The van der Waals surface area contributed by atoms with E-state index in [1.165, 1.54) is 0 Å². The normalized spacial score (nSPS) is 10.2. The number of rotatable bonds is 3. The third-order valence-corrected chi connectivity index (χ3v) is 3.90. The minimum Gasteiger partial charge on any atom is -0.321 e. The molecular formula is C19H14BrNO. The minimum absolute atomic E-state index is 0.115. The van der Waals surface area contributed by atoms with Crippen LogP contribution in [0.3, 0.4) is 0 Å². The van der Waals surface area contributed by atoms with E-state index in [2.05, 4.69) is 21.2 Å². The lowest BCUT2D eigenvalue weighted by molar-refractivity contribution is 0.102. The molecule has 0 atom stereocenters. The fraction of sp³-hybridized carbons (Fsp3) is 0. The lowest BCUT2D eigenvalue weighted by Gasteiger charge is -2.11. The summed E-state index contributed by atoms with van der Waals surface area (Å²) in [5.74, 6) is -0.115. The number of hydrogen-bond donors (Lipinski definition) is 1. The molecule has 3 heteroatoms. The second-order valence-electron chi connectivity index (χ2n) is 4.87. The summed E-state index contributed by atoms with van der Waals surface area (Å²) in [5.41, 5.74) is 3.52. The van der Waals surface area contributed by atoms with Gasteiger partial charge in [-0.3, -0.25) is 4.79 Å². The van der Waals surface area contributed by atoms with E-state index in [1.54, 1.807) is 12.1 Å². The molecule has 0 heterocycles. The van der Waals surface area contributed by atoms with Crippen molar-refractivity contribution in [1.29, 1.82) is 0 Å². The molecule has 1 N–H and O–H groups in total. The average Bonchev–Trinajstić information content (AvgIpc) is 2.57. The lowest BCUT2D eigenvalue weighted by atomic mass is 10.0. The molecule has 0 unspecified atom stereocenters. The lowest BCUT2D eigenvalue weighted by Crippen LogP contribution is -2.12. The Bertz CT molecular complexity index is 782. The molecule has 108 valence electrons. The summed E-state index contributed by atoms with van der Waals surface area (Å²) in [4.78, 5) is 12.4. The number of carbonyl (C=O) groups is 1. The first-order valence-electron chi connectivity index (χ1n) is 6.95. The molecule has 2 nitrogen and oxygen atoms in total. The maximum absolute atomic E-state index is 12.4. The van der Waals surface area contributed by atoms with Gasteiger partial charge >= 0.3 is 0 Å². The van der Waals surface area contributed by atoms with Crippen LogP contribution >= 0.6 is 15.9 Å². The summed E-state index contributed by atoms with van der Waals surface area (Å²) >= 11 is 3.37. The average molecular weight is 352 g/mol. The van der Waals surface area contributed by atoms with E-state index in [4.69, 9.17) is 0 Å². The van der Waals surface area contributed by atoms with Gasteiger partial charge in [0.25, 0.3) is 5.91 Å². The minimum atomic E-state index is -0.115. The van der Waals surface area contributed by atoms with E-state index in [9.17, 15) is 4.79 Å². The van der Waals surface area contributed by atoms with Gasteiger partial charge in [-0.05, 0) is 35.9 Å². The first-order valence-corrected chi connectivity index (χ1v) is 7.75. The smallest absolute Gasteiger partial charge is 0.255 e. The molecule has 3 aromatic carbocycles. The molecule has 0 spiro atoms. The van der Waals surface area contributed by atoms with Crippen molar-refractivity contribution in [3.05, 3.63) is 88.9 Å². The molecule has 0 aliphatic heterocycles. The van der Waals surface area contributed by atoms with E-state index < -0.39 is 0 Å². The monoisotopic (exact) mass is 351 g/mol. The molecular weight excluding hydrogens is 338 g/mol. The van der Waals surface area contributed by atoms with Crippen molar-refractivity contribution in [2.45, 2.75) is 0 Å². The molecule has 0 radical (unpaired) electrons. The van der Waals surface area contributed by atoms with Gasteiger partial charge < -0.3 is 5.32 Å². The van der Waals surface area contributed by atoms with Crippen LogP contribution in [0.5, 0.6) is 0 Å². The van der Waals surface area contributed by atoms with Gasteiger partial charge in [-0.25, -0.2) is 0 Å². The second kappa shape index (κ2) is 6.58. The Balaban J connectivity index is 1.90. The highest BCUT2D eigenvalue weighted by atomic mass is 79.9. The SMILES string of the molecule is O=C(Nc1ccccc1-c1ccccc1)c1ccc(Br)cc1. The molecule has 0 aliphatic carbocycles. The number of halogens is 1. The van der Waals surface area contributed by atoms with Gasteiger partial charge in [-0.2, -0.15) is 0 Å². The van der Waals surface area contributed by atoms with Crippen molar-refractivity contribution in [3.8, 4) is 11.1 Å². The highest BCUT2D eigenvalue weighted by Crippen LogP contribution is 2.28. The molecule has 0 aliphatic rings. The number of para-hydroxylation sites is 1. The highest BCUT2D eigenvalue weighted by Gasteiger charge is 2.09. The molecule has 0 fully saturated rings. The van der Waals surface area contributed by atoms with Crippen LogP contribution in [-0.2, 0) is 0 Å². The van der Waals surface area contributed by atoms with Gasteiger partial charge in [0.1, 0.15) is 0 Å². The zero-order chi connectivity index (χ0) is 15.4.